The molecule has 2 aromatic rings. The van der Waals surface area contributed by atoms with Gasteiger partial charge in [0.2, 0.25) is 11.9 Å². The molecule has 1 aliphatic heterocycles. The van der Waals surface area contributed by atoms with Gasteiger partial charge in [-0.3, -0.25) is 0 Å². The quantitative estimate of drug-likeness (QED) is 0.931. The highest BCUT2D eigenvalue weighted by Crippen LogP contribution is 2.18. The van der Waals surface area contributed by atoms with Gasteiger partial charge in [0, 0.05) is 13.1 Å². The lowest BCUT2D eigenvalue weighted by molar-refractivity contribution is 0.564. The van der Waals surface area contributed by atoms with Gasteiger partial charge in [-0.2, -0.15) is 4.98 Å². The average Bonchev–Trinajstić information content (AvgIpc) is 2.84. The van der Waals surface area contributed by atoms with Crippen molar-refractivity contribution in [2.75, 3.05) is 23.7 Å². The summed E-state index contributed by atoms with van der Waals surface area (Å²) in [5.41, 5.74) is 6.87. The summed E-state index contributed by atoms with van der Waals surface area (Å²) in [5, 5.41) is 4.46. The number of nitrogens with two attached hydrogens (primary N) is 1. The molecule has 0 saturated carbocycles. The number of aromatic nitrogens is 3. The number of halogens is 1. The molecule has 1 saturated heterocycles. The third-order valence-corrected chi connectivity index (χ3v) is 3.57. The fourth-order valence-corrected chi connectivity index (χ4v) is 2.45. The first-order valence-corrected chi connectivity index (χ1v) is 6.92. The fourth-order valence-electron chi connectivity index (χ4n) is 2.45. The molecular formula is C14H18FN5. The highest BCUT2D eigenvalue weighted by molar-refractivity contribution is 5.36. The van der Waals surface area contributed by atoms with Crippen LogP contribution in [-0.4, -0.2) is 27.9 Å². The van der Waals surface area contributed by atoms with E-state index in [4.69, 9.17) is 5.73 Å². The van der Waals surface area contributed by atoms with Crippen LogP contribution in [0.2, 0.25) is 0 Å². The van der Waals surface area contributed by atoms with Gasteiger partial charge in [0.05, 0.1) is 6.54 Å². The molecule has 2 N–H and O–H groups in total. The molecule has 0 aliphatic carbocycles. The van der Waals surface area contributed by atoms with Crippen molar-refractivity contribution in [1.82, 2.24) is 14.8 Å². The van der Waals surface area contributed by atoms with Crippen LogP contribution in [0.15, 0.2) is 24.3 Å². The minimum Gasteiger partial charge on any atom is -0.368 e. The van der Waals surface area contributed by atoms with Crippen molar-refractivity contribution in [1.29, 1.82) is 0 Å². The Bertz CT molecular complexity index is 572. The van der Waals surface area contributed by atoms with E-state index in [0.717, 1.165) is 18.7 Å². The molecule has 0 atom stereocenters. The van der Waals surface area contributed by atoms with Crippen LogP contribution in [0, 0.1) is 5.82 Å². The van der Waals surface area contributed by atoms with Crippen molar-refractivity contribution in [2.45, 2.75) is 25.8 Å². The van der Waals surface area contributed by atoms with Crippen LogP contribution in [0.1, 0.15) is 24.8 Å². The topological polar surface area (TPSA) is 60.0 Å². The number of nitrogen functional groups attached to an aromatic ring is 1. The number of hydrogen-bond donors (Lipinski definition) is 1. The van der Waals surface area contributed by atoms with Crippen molar-refractivity contribution in [3.63, 3.8) is 0 Å². The summed E-state index contributed by atoms with van der Waals surface area (Å²) in [5.74, 6) is 0.855. The second-order valence-corrected chi connectivity index (χ2v) is 5.10. The van der Waals surface area contributed by atoms with E-state index in [-0.39, 0.29) is 5.82 Å². The molecule has 0 unspecified atom stereocenters. The Morgan fingerprint density at radius 1 is 1.10 bits per heavy atom. The molecular weight excluding hydrogens is 257 g/mol. The third-order valence-electron chi connectivity index (χ3n) is 3.57. The summed E-state index contributed by atoms with van der Waals surface area (Å²) in [4.78, 5) is 6.50. The predicted octanol–water partition coefficient (Wildman–Crippen LogP) is 2.04. The zero-order valence-electron chi connectivity index (χ0n) is 11.3. The van der Waals surface area contributed by atoms with Gasteiger partial charge in [-0.25, -0.2) is 9.07 Å². The number of hydrogen-bond acceptors (Lipinski definition) is 4. The fraction of sp³-hybridized carbons (Fsp3) is 0.429. The molecule has 3 rings (SSSR count). The van der Waals surface area contributed by atoms with Crippen LogP contribution in [0.25, 0.3) is 0 Å². The smallest absolute Gasteiger partial charge is 0.246 e. The summed E-state index contributed by atoms with van der Waals surface area (Å²) in [6.07, 6.45) is 3.61. The summed E-state index contributed by atoms with van der Waals surface area (Å²) < 4.78 is 14.5. The number of piperidine rings is 1. The van der Waals surface area contributed by atoms with E-state index in [1.54, 1.807) is 16.8 Å². The Hall–Kier alpha value is -2.11. The van der Waals surface area contributed by atoms with Gasteiger partial charge in [-0.15, -0.1) is 5.10 Å². The molecule has 1 aliphatic rings. The highest BCUT2D eigenvalue weighted by Gasteiger charge is 2.16. The first-order valence-electron chi connectivity index (χ1n) is 6.92. The average molecular weight is 275 g/mol. The SMILES string of the molecule is Nc1nc(N2CCCCC2)nn1Cc1ccc(F)cc1. The van der Waals surface area contributed by atoms with Gasteiger partial charge in [-0.1, -0.05) is 12.1 Å². The maximum Gasteiger partial charge on any atom is 0.246 e. The van der Waals surface area contributed by atoms with Gasteiger partial charge in [0.15, 0.2) is 0 Å². The van der Waals surface area contributed by atoms with Gasteiger partial charge in [0.25, 0.3) is 0 Å². The summed E-state index contributed by atoms with van der Waals surface area (Å²) in [6, 6.07) is 6.34. The lowest BCUT2D eigenvalue weighted by Crippen LogP contribution is -2.30. The largest absolute Gasteiger partial charge is 0.368 e. The van der Waals surface area contributed by atoms with Crippen LogP contribution in [-0.2, 0) is 6.54 Å². The standard InChI is InChI=1S/C14H18FN5/c15-12-6-4-11(5-7-12)10-20-13(16)17-14(18-20)19-8-2-1-3-9-19/h4-7H,1-3,8-10H2,(H2,16,17,18). The lowest BCUT2D eigenvalue weighted by Gasteiger charge is -2.24. The predicted molar refractivity (Wildman–Crippen MR) is 76.0 cm³/mol. The van der Waals surface area contributed by atoms with Crippen molar-refractivity contribution < 1.29 is 4.39 Å². The van der Waals surface area contributed by atoms with Crippen LogP contribution in [0.5, 0.6) is 0 Å². The molecule has 0 spiro atoms. The molecule has 1 aromatic carbocycles. The number of anilines is 2. The minimum absolute atomic E-state index is 0.241. The number of nitrogens with zero attached hydrogens (tertiary/aromatic N) is 4. The third kappa shape index (κ3) is 2.74. The van der Waals surface area contributed by atoms with Crippen LogP contribution < -0.4 is 10.6 Å². The molecule has 0 bridgehead atoms. The molecule has 0 amide bonds. The van der Waals surface area contributed by atoms with Crippen LogP contribution in [0.4, 0.5) is 16.3 Å². The maximum atomic E-state index is 12.9. The Morgan fingerprint density at radius 2 is 1.80 bits per heavy atom. The first kappa shape index (κ1) is 12.9. The van der Waals surface area contributed by atoms with Crippen LogP contribution in [0.3, 0.4) is 0 Å². The van der Waals surface area contributed by atoms with Gasteiger partial charge < -0.3 is 10.6 Å². The molecule has 0 radical (unpaired) electrons. The second-order valence-electron chi connectivity index (χ2n) is 5.10. The van der Waals surface area contributed by atoms with E-state index in [0.29, 0.717) is 18.4 Å². The monoisotopic (exact) mass is 275 g/mol. The Kier molecular flexibility index (Phi) is 3.54. The Morgan fingerprint density at radius 3 is 2.50 bits per heavy atom. The molecule has 6 heteroatoms. The zero-order chi connectivity index (χ0) is 13.9. The van der Waals surface area contributed by atoms with E-state index in [1.165, 1.54) is 31.4 Å². The summed E-state index contributed by atoms with van der Waals surface area (Å²) in [6.45, 7) is 2.48. The van der Waals surface area contributed by atoms with E-state index in [2.05, 4.69) is 15.0 Å². The van der Waals surface area contributed by atoms with E-state index in [9.17, 15) is 4.39 Å². The van der Waals surface area contributed by atoms with E-state index >= 15 is 0 Å². The van der Waals surface area contributed by atoms with Crippen LogP contribution >= 0.6 is 0 Å². The molecule has 1 aromatic heterocycles. The highest BCUT2D eigenvalue weighted by atomic mass is 19.1. The summed E-state index contributed by atoms with van der Waals surface area (Å²) in [7, 11) is 0. The van der Waals surface area contributed by atoms with Gasteiger partial charge >= 0.3 is 0 Å². The number of benzene rings is 1. The molecule has 1 fully saturated rings. The van der Waals surface area contributed by atoms with E-state index in [1.807, 2.05) is 0 Å². The van der Waals surface area contributed by atoms with E-state index < -0.39 is 0 Å². The molecule has 20 heavy (non-hydrogen) atoms. The molecule has 106 valence electrons. The van der Waals surface area contributed by atoms with Crippen molar-refractivity contribution in [2.24, 2.45) is 0 Å². The zero-order valence-corrected chi connectivity index (χ0v) is 11.3. The lowest BCUT2D eigenvalue weighted by atomic mass is 10.1. The number of rotatable bonds is 3. The second kappa shape index (κ2) is 5.48. The van der Waals surface area contributed by atoms with Gasteiger partial charge in [-0.05, 0) is 37.0 Å². The molecule has 2 heterocycles. The van der Waals surface area contributed by atoms with Crippen molar-refractivity contribution in [3.05, 3.63) is 35.6 Å². The normalized spacial score (nSPS) is 15.6. The first-order chi connectivity index (χ1) is 9.72. The minimum atomic E-state index is -0.241. The van der Waals surface area contributed by atoms with Crippen molar-refractivity contribution in [3.8, 4) is 0 Å². The Labute approximate surface area is 117 Å². The molecule has 5 nitrogen and oxygen atoms in total. The summed E-state index contributed by atoms with van der Waals surface area (Å²) >= 11 is 0. The Balaban J connectivity index is 1.76. The van der Waals surface area contributed by atoms with Crippen molar-refractivity contribution >= 4 is 11.9 Å². The maximum absolute atomic E-state index is 12.9. The van der Waals surface area contributed by atoms with Gasteiger partial charge in [0.1, 0.15) is 5.82 Å².